The lowest BCUT2D eigenvalue weighted by atomic mass is 9.46. The van der Waals surface area contributed by atoms with Gasteiger partial charge in [0.15, 0.2) is 0 Å². The maximum Gasteiger partial charge on any atom is 0.240 e. The van der Waals surface area contributed by atoms with E-state index in [-0.39, 0.29) is 18.3 Å². The first kappa shape index (κ1) is 7.98. The predicted octanol–water partition coefficient (Wildman–Crippen LogP) is 1.65. The van der Waals surface area contributed by atoms with E-state index in [1.807, 2.05) is 0 Å². The van der Waals surface area contributed by atoms with Crippen molar-refractivity contribution in [2.24, 2.45) is 28.9 Å². The van der Waals surface area contributed by atoms with E-state index in [9.17, 15) is 9.90 Å². The van der Waals surface area contributed by atoms with Crippen molar-refractivity contribution in [2.45, 2.75) is 81.8 Å². The van der Waals surface area contributed by atoms with Crippen LogP contribution >= 0.6 is 0 Å². The summed E-state index contributed by atoms with van der Waals surface area (Å²) in [4.78, 5) is 14.2. The molecule has 6 aliphatic rings. The van der Waals surface area contributed by atoms with Crippen LogP contribution in [0.15, 0.2) is 0 Å². The van der Waals surface area contributed by atoms with Crippen molar-refractivity contribution in [3.05, 3.63) is 0 Å². The number of carbonyl (C=O) groups excluding carboxylic acids is 1. The Labute approximate surface area is 143 Å². The molecule has 6 fully saturated rings. The summed E-state index contributed by atoms with van der Waals surface area (Å²) in [6.07, 6.45) is -2.41. The minimum atomic E-state index is -2.85. The van der Waals surface area contributed by atoms with Gasteiger partial charge in [-0.05, 0) is 81.3 Å². The molecule has 0 aromatic carbocycles. The number of nitrogens with zero attached hydrogens (tertiary/aromatic N) is 1. The monoisotopic (exact) mass is 312 g/mol. The summed E-state index contributed by atoms with van der Waals surface area (Å²) in [5.41, 5.74) is 4.28. The molecule has 1 aliphatic heterocycles. The molecule has 6 atom stereocenters. The molecule has 1 amide bonds. The second-order valence-electron chi connectivity index (χ2n) is 8.08. The van der Waals surface area contributed by atoms with E-state index in [4.69, 9.17) is 16.7 Å². The first-order chi connectivity index (χ1) is 13.3. The minimum absolute atomic E-state index is 0.123. The van der Waals surface area contributed by atoms with Crippen molar-refractivity contribution in [3.8, 4) is 0 Å². The number of carbonyl (C=O) groups is 1. The standard InChI is InChI=1S/C18H28N2O2/c1-10-2-13-4-14(13)20(10)16(21)15(19)17-5-11-3-12(6-17)8-18(22,7-11)9-17/h10-15,22H,2-9,19H2,1H3/t10-,11?,12?,13-,14+,15-,17?,18?/m1/s1/i2D2,4D2,10D,13D,14D,15D. The van der Waals surface area contributed by atoms with Crippen LogP contribution in [0.2, 0.25) is 0 Å². The van der Waals surface area contributed by atoms with Crippen molar-refractivity contribution >= 4 is 5.91 Å². The molecule has 4 heteroatoms. The highest BCUT2D eigenvalue weighted by Gasteiger charge is 2.62. The van der Waals surface area contributed by atoms with Gasteiger partial charge in [-0.25, -0.2) is 0 Å². The predicted molar refractivity (Wildman–Crippen MR) is 82.9 cm³/mol. The summed E-state index contributed by atoms with van der Waals surface area (Å²) in [6.45, 7) is 1.04. The first-order valence-electron chi connectivity index (χ1n) is 12.2. The molecule has 5 saturated carbocycles. The normalized spacial score (nSPS) is 77.5. The Balaban J connectivity index is 1.59. The molecule has 6 rings (SSSR count). The highest BCUT2D eigenvalue weighted by Crippen LogP contribution is 2.63. The van der Waals surface area contributed by atoms with Crippen LogP contribution in [0.5, 0.6) is 0 Å². The lowest BCUT2D eigenvalue weighted by molar-refractivity contribution is -0.177. The lowest BCUT2D eigenvalue weighted by Gasteiger charge is -2.61. The Kier molecular flexibility index (Phi) is 1.48. The van der Waals surface area contributed by atoms with Crippen LogP contribution in [0.1, 0.15) is 69.2 Å². The Morgan fingerprint density at radius 2 is 2.09 bits per heavy atom. The molecule has 122 valence electrons. The SMILES string of the molecule is [2H]C1([2H])[C@]2([2H])C([2H])([2H])[C@]2([2H])N(C(=O)[C@@]([2H])(N)C23CC4CC(CC(O)(C4)C2)C3)[C@]1([2H])C. The van der Waals surface area contributed by atoms with Crippen molar-refractivity contribution in [3.63, 3.8) is 0 Å². The van der Waals surface area contributed by atoms with E-state index in [0.717, 1.165) is 13.3 Å². The zero-order valence-electron chi connectivity index (χ0n) is 20.8. The maximum absolute atomic E-state index is 13.7. The highest BCUT2D eigenvalue weighted by atomic mass is 16.3. The Morgan fingerprint density at radius 3 is 2.68 bits per heavy atom. The Bertz CT molecular complexity index is 849. The lowest BCUT2D eigenvalue weighted by Crippen LogP contribution is -2.64. The fourth-order valence-electron chi connectivity index (χ4n) is 5.88. The number of aliphatic hydroxyl groups is 1. The third-order valence-electron chi connectivity index (χ3n) is 6.32. The molecule has 1 saturated heterocycles. The number of hydrogen-bond acceptors (Lipinski definition) is 3. The molecule has 0 aromatic rings. The largest absolute Gasteiger partial charge is 0.390 e. The van der Waals surface area contributed by atoms with Crippen LogP contribution in [-0.2, 0) is 4.79 Å². The van der Waals surface area contributed by atoms with Gasteiger partial charge in [0.1, 0.15) is 0 Å². The summed E-state index contributed by atoms with van der Waals surface area (Å²) in [6, 6.07) is -7.46. The zero-order chi connectivity index (χ0) is 22.6. The average Bonchev–Trinajstić information content (AvgIpc) is 2.87. The van der Waals surface area contributed by atoms with Gasteiger partial charge in [-0.3, -0.25) is 4.79 Å². The van der Waals surface area contributed by atoms with Crippen LogP contribution in [-0.4, -0.2) is 39.6 Å². The molecule has 22 heavy (non-hydrogen) atoms. The maximum atomic E-state index is 13.7. The van der Waals surface area contributed by atoms with Crippen LogP contribution in [0.3, 0.4) is 0 Å². The van der Waals surface area contributed by atoms with Crippen molar-refractivity contribution in [1.29, 1.82) is 0 Å². The van der Waals surface area contributed by atoms with Crippen LogP contribution < -0.4 is 5.73 Å². The van der Waals surface area contributed by atoms with Gasteiger partial charge in [-0.15, -0.1) is 0 Å². The average molecular weight is 312 g/mol. The van der Waals surface area contributed by atoms with Gasteiger partial charge < -0.3 is 15.7 Å². The molecular weight excluding hydrogens is 276 g/mol. The Hall–Kier alpha value is -0.610. The molecule has 0 radical (unpaired) electrons. The van der Waals surface area contributed by atoms with E-state index >= 15 is 0 Å². The second kappa shape index (κ2) is 4.07. The summed E-state index contributed by atoms with van der Waals surface area (Å²) in [5, 5.41) is 11.0. The van der Waals surface area contributed by atoms with E-state index in [0.29, 0.717) is 30.6 Å². The minimum Gasteiger partial charge on any atom is -0.390 e. The highest BCUT2D eigenvalue weighted by molar-refractivity contribution is 5.84. The van der Waals surface area contributed by atoms with Gasteiger partial charge in [-0.2, -0.15) is 0 Å². The molecule has 4 nitrogen and oxygen atoms in total. The van der Waals surface area contributed by atoms with Crippen molar-refractivity contribution in [2.75, 3.05) is 0 Å². The number of nitrogens with two attached hydrogens (primary N) is 1. The van der Waals surface area contributed by atoms with Gasteiger partial charge in [0, 0.05) is 18.9 Å². The molecule has 4 bridgehead atoms. The van der Waals surface area contributed by atoms with Crippen molar-refractivity contribution in [1.82, 2.24) is 4.90 Å². The smallest absolute Gasteiger partial charge is 0.240 e. The number of fused-ring (bicyclic) bond motifs is 1. The zero-order valence-corrected chi connectivity index (χ0v) is 12.8. The molecule has 0 spiro atoms. The number of amides is 1. The molecule has 5 aliphatic carbocycles. The quantitative estimate of drug-likeness (QED) is 0.815. The van der Waals surface area contributed by atoms with Crippen LogP contribution in [0, 0.1) is 23.1 Å². The third-order valence-corrected chi connectivity index (χ3v) is 6.32. The fraction of sp³-hybridized carbons (Fsp3) is 0.944. The van der Waals surface area contributed by atoms with E-state index in [1.54, 1.807) is 0 Å². The van der Waals surface area contributed by atoms with Crippen molar-refractivity contribution < 1.29 is 20.9 Å². The molecule has 3 N–H and O–H groups in total. The molecule has 0 aromatic heterocycles. The molecule has 1 heterocycles. The van der Waals surface area contributed by atoms with Gasteiger partial charge in [-0.1, -0.05) is 0 Å². The number of rotatable bonds is 2. The van der Waals surface area contributed by atoms with E-state index in [1.165, 1.54) is 0 Å². The van der Waals surface area contributed by atoms with E-state index in [2.05, 4.69) is 0 Å². The first-order valence-corrected chi connectivity index (χ1v) is 8.21. The van der Waals surface area contributed by atoms with Gasteiger partial charge in [0.25, 0.3) is 0 Å². The molecule has 2 unspecified atom stereocenters. The topological polar surface area (TPSA) is 66.6 Å². The van der Waals surface area contributed by atoms with Crippen LogP contribution in [0.25, 0.3) is 0 Å². The number of likely N-dealkylation sites (tertiary alicyclic amines) is 1. The molecular formula is C18H28N2O2. The number of hydrogen-bond donors (Lipinski definition) is 2. The van der Waals surface area contributed by atoms with Crippen LogP contribution in [0.4, 0.5) is 0 Å². The van der Waals surface area contributed by atoms with Gasteiger partial charge in [0.2, 0.25) is 5.91 Å². The Morgan fingerprint density at radius 1 is 1.41 bits per heavy atom. The fourth-order valence-corrected chi connectivity index (χ4v) is 5.88. The van der Waals surface area contributed by atoms with Gasteiger partial charge >= 0.3 is 0 Å². The summed E-state index contributed by atoms with van der Waals surface area (Å²) >= 11 is 0. The van der Waals surface area contributed by atoms with E-state index < -0.39 is 53.6 Å². The summed E-state index contributed by atoms with van der Waals surface area (Å²) in [5.74, 6) is -3.61. The second-order valence-corrected chi connectivity index (χ2v) is 8.08. The summed E-state index contributed by atoms with van der Waals surface area (Å²) < 4.78 is 67.3. The summed E-state index contributed by atoms with van der Waals surface area (Å²) in [7, 11) is 0. The third kappa shape index (κ3) is 1.74. The number of piperidine rings is 1. The van der Waals surface area contributed by atoms with Gasteiger partial charge in [0.05, 0.1) is 15.7 Å².